The number of amides is 2. The number of hydrogen-bond acceptors (Lipinski definition) is 7. The van der Waals surface area contributed by atoms with E-state index in [2.05, 4.69) is 26.8 Å². The predicted molar refractivity (Wildman–Crippen MR) is 106 cm³/mol. The lowest BCUT2D eigenvalue weighted by Crippen LogP contribution is -2.45. The van der Waals surface area contributed by atoms with Gasteiger partial charge in [0.15, 0.2) is 5.50 Å². The molecule has 9 nitrogen and oxygen atoms in total. The van der Waals surface area contributed by atoms with E-state index in [0.29, 0.717) is 18.0 Å². The van der Waals surface area contributed by atoms with Gasteiger partial charge in [0.1, 0.15) is 12.0 Å². The van der Waals surface area contributed by atoms with E-state index in [1.54, 1.807) is 6.20 Å². The van der Waals surface area contributed by atoms with E-state index in [0.717, 1.165) is 23.6 Å². The van der Waals surface area contributed by atoms with Crippen molar-refractivity contribution in [3.05, 3.63) is 45.0 Å². The van der Waals surface area contributed by atoms with Crippen LogP contribution in [0.15, 0.2) is 33.9 Å². The topological polar surface area (TPSA) is 116 Å². The predicted octanol–water partition coefficient (Wildman–Crippen LogP) is 0.156. The Bertz CT molecular complexity index is 892. The first-order valence-corrected chi connectivity index (χ1v) is 10.3. The molecule has 10 heteroatoms. The molecule has 3 heterocycles. The minimum Gasteiger partial charge on any atom is -0.352 e. The summed E-state index contributed by atoms with van der Waals surface area (Å²) in [5, 5.41) is 9.02. The quantitative estimate of drug-likeness (QED) is 0.458. The van der Waals surface area contributed by atoms with Gasteiger partial charge >= 0.3 is 0 Å². The summed E-state index contributed by atoms with van der Waals surface area (Å²) in [6, 6.07) is 2.93. The van der Waals surface area contributed by atoms with Crippen molar-refractivity contribution in [3.63, 3.8) is 0 Å². The summed E-state index contributed by atoms with van der Waals surface area (Å²) in [6.45, 7) is 4.61. The molecule has 0 bridgehead atoms. The molecule has 1 saturated carbocycles. The largest absolute Gasteiger partial charge is 0.352 e. The minimum atomic E-state index is -0.458. The van der Waals surface area contributed by atoms with Crippen LogP contribution in [0.25, 0.3) is 0 Å². The fourth-order valence-electron chi connectivity index (χ4n) is 3.02. The normalized spacial score (nSPS) is 23.2. The third kappa shape index (κ3) is 3.88. The van der Waals surface area contributed by atoms with Gasteiger partial charge in [0, 0.05) is 24.7 Å². The van der Waals surface area contributed by atoms with Crippen LogP contribution in [-0.4, -0.2) is 28.4 Å². The Kier molecular flexibility index (Phi) is 5.07. The van der Waals surface area contributed by atoms with E-state index in [9.17, 15) is 14.4 Å². The molecular formula is C18H24N6O3S. The Labute approximate surface area is 166 Å². The van der Waals surface area contributed by atoms with Crippen molar-refractivity contribution in [2.24, 2.45) is 11.8 Å². The van der Waals surface area contributed by atoms with E-state index in [1.807, 2.05) is 13.8 Å². The maximum Gasteiger partial charge on any atom is 0.252 e. The number of aromatic nitrogens is 1. The molecule has 1 fully saturated rings. The van der Waals surface area contributed by atoms with Crippen molar-refractivity contribution in [3.8, 4) is 0 Å². The van der Waals surface area contributed by atoms with Gasteiger partial charge in [-0.25, -0.2) is 5.43 Å². The van der Waals surface area contributed by atoms with E-state index < -0.39 is 6.17 Å². The Morgan fingerprint density at radius 3 is 2.82 bits per heavy atom. The van der Waals surface area contributed by atoms with Crippen LogP contribution in [0.4, 0.5) is 0 Å². The Morgan fingerprint density at radius 1 is 1.32 bits per heavy atom. The summed E-state index contributed by atoms with van der Waals surface area (Å²) in [5.74, 6) is 1.04. The number of pyridine rings is 1. The molecule has 0 saturated heterocycles. The van der Waals surface area contributed by atoms with Crippen molar-refractivity contribution in [2.45, 2.75) is 38.4 Å². The third-order valence-electron chi connectivity index (χ3n) is 4.72. The van der Waals surface area contributed by atoms with Crippen molar-refractivity contribution < 1.29 is 9.59 Å². The molecule has 28 heavy (non-hydrogen) atoms. The number of hydrogen-bond donors (Lipinski definition) is 5. The van der Waals surface area contributed by atoms with Crippen LogP contribution < -0.4 is 32.4 Å². The maximum atomic E-state index is 12.4. The third-order valence-corrected chi connectivity index (χ3v) is 5.87. The zero-order valence-electron chi connectivity index (χ0n) is 15.7. The van der Waals surface area contributed by atoms with E-state index in [1.165, 1.54) is 28.5 Å². The highest BCUT2D eigenvalue weighted by molar-refractivity contribution is 8.03. The zero-order chi connectivity index (χ0) is 19.8. The zero-order valence-corrected chi connectivity index (χ0v) is 16.6. The van der Waals surface area contributed by atoms with Gasteiger partial charge < -0.3 is 21.4 Å². The maximum absolute atomic E-state index is 12.4. The van der Waals surface area contributed by atoms with Crippen molar-refractivity contribution in [2.75, 3.05) is 6.54 Å². The van der Waals surface area contributed by atoms with Gasteiger partial charge in [-0.05, 0) is 24.8 Å². The van der Waals surface area contributed by atoms with Gasteiger partial charge in [-0.2, -0.15) is 0 Å². The molecule has 5 N–H and O–H groups in total. The lowest BCUT2D eigenvalue weighted by Gasteiger charge is -2.21. The number of hydrazine groups is 1. The molecule has 1 aromatic rings. The first-order chi connectivity index (χ1) is 13.4. The van der Waals surface area contributed by atoms with Gasteiger partial charge in [0.25, 0.3) is 11.5 Å². The first kappa shape index (κ1) is 18.9. The molecule has 2 atom stereocenters. The molecule has 0 spiro atoms. The number of carbonyl (C=O) groups excluding carboxylic acids is 2. The first-order valence-electron chi connectivity index (χ1n) is 9.42. The second-order valence-corrected chi connectivity index (χ2v) is 8.75. The summed E-state index contributed by atoms with van der Waals surface area (Å²) in [6.07, 6.45) is 2.99. The summed E-state index contributed by atoms with van der Waals surface area (Å²) in [7, 11) is 0. The summed E-state index contributed by atoms with van der Waals surface area (Å²) >= 11 is 1.45. The lowest BCUT2D eigenvalue weighted by atomic mass is 10.2. The average Bonchev–Trinajstić information content (AvgIpc) is 3.34. The van der Waals surface area contributed by atoms with Crippen LogP contribution in [0.5, 0.6) is 0 Å². The van der Waals surface area contributed by atoms with Crippen LogP contribution in [-0.2, 0) is 4.79 Å². The van der Waals surface area contributed by atoms with Crippen molar-refractivity contribution in [1.29, 1.82) is 0 Å². The molecule has 2 unspecified atom stereocenters. The monoisotopic (exact) mass is 404 g/mol. The van der Waals surface area contributed by atoms with Crippen LogP contribution in [0.3, 0.4) is 0 Å². The number of carbonyl (C=O) groups is 2. The fourth-order valence-corrected chi connectivity index (χ4v) is 4.15. The molecule has 1 aromatic heterocycles. The molecule has 3 aliphatic rings. The van der Waals surface area contributed by atoms with Gasteiger partial charge in [-0.1, -0.05) is 25.6 Å². The van der Waals surface area contributed by atoms with E-state index in [-0.39, 0.29) is 28.8 Å². The SMILES string of the molecule is CC(C)CNC(=O)c1ccc(=O)n(C2NNC3=C2SC(NC(=O)C2CC2)N3)c1. The van der Waals surface area contributed by atoms with Crippen molar-refractivity contribution >= 4 is 23.6 Å². The number of nitrogens with zero attached hydrogens (tertiary/aromatic N) is 1. The van der Waals surface area contributed by atoms with E-state index in [4.69, 9.17) is 0 Å². The lowest BCUT2D eigenvalue weighted by molar-refractivity contribution is -0.122. The highest BCUT2D eigenvalue weighted by atomic mass is 32.2. The van der Waals surface area contributed by atoms with Gasteiger partial charge in [-0.3, -0.25) is 19.0 Å². The standard InChI is InChI=1S/C18H24N6O3S/c1-9(2)7-19-16(26)11-5-6-12(25)24(8-11)15-13-14(22-23-15)20-18(28-13)21-17(27)10-3-4-10/h5-6,8-10,15,18,20,22-23H,3-4,7H2,1-2H3,(H,19,26)(H,21,27). The number of rotatable bonds is 6. The Morgan fingerprint density at radius 2 is 2.11 bits per heavy atom. The van der Waals surface area contributed by atoms with Crippen LogP contribution in [0.2, 0.25) is 0 Å². The number of nitrogens with one attached hydrogen (secondary N) is 5. The Hall–Kier alpha value is -2.46. The summed E-state index contributed by atoms with van der Waals surface area (Å²) < 4.78 is 1.49. The molecule has 0 radical (unpaired) electrons. The number of thioether (sulfide) groups is 1. The van der Waals surface area contributed by atoms with Crippen molar-refractivity contribution in [1.82, 2.24) is 31.4 Å². The van der Waals surface area contributed by atoms with Gasteiger partial charge in [0.2, 0.25) is 5.91 Å². The molecule has 2 amide bonds. The van der Waals surface area contributed by atoms with E-state index >= 15 is 0 Å². The molecule has 0 aromatic carbocycles. The highest BCUT2D eigenvalue weighted by Crippen LogP contribution is 2.38. The average molecular weight is 404 g/mol. The summed E-state index contributed by atoms with van der Waals surface area (Å²) in [4.78, 5) is 37.7. The fraction of sp³-hybridized carbons (Fsp3) is 0.500. The molecular weight excluding hydrogens is 380 g/mol. The molecule has 2 aliphatic heterocycles. The van der Waals surface area contributed by atoms with Gasteiger partial charge in [0.05, 0.1) is 10.5 Å². The van der Waals surface area contributed by atoms with Crippen LogP contribution >= 0.6 is 11.8 Å². The second kappa shape index (κ2) is 7.51. The van der Waals surface area contributed by atoms with Crippen LogP contribution in [0.1, 0.15) is 43.2 Å². The highest BCUT2D eigenvalue weighted by Gasteiger charge is 2.38. The smallest absolute Gasteiger partial charge is 0.252 e. The summed E-state index contributed by atoms with van der Waals surface area (Å²) in [5.41, 5.74) is 5.99. The Balaban J connectivity index is 1.48. The van der Waals surface area contributed by atoms with Crippen LogP contribution in [0, 0.1) is 11.8 Å². The molecule has 1 aliphatic carbocycles. The molecule has 4 rings (SSSR count). The molecule has 150 valence electrons. The minimum absolute atomic E-state index is 0.0525. The second-order valence-electron chi connectivity index (χ2n) is 7.60. The van der Waals surface area contributed by atoms with Gasteiger partial charge in [-0.15, -0.1) is 0 Å².